The van der Waals surface area contributed by atoms with Gasteiger partial charge in [0, 0.05) is 6.54 Å². The molecule has 1 heterocycles. The van der Waals surface area contributed by atoms with E-state index in [1.807, 2.05) is 13.8 Å². The summed E-state index contributed by atoms with van der Waals surface area (Å²) in [5.74, 6) is 1.10. The normalized spacial score (nSPS) is 12.8. The minimum absolute atomic E-state index is 0.158. The van der Waals surface area contributed by atoms with Crippen molar-refractivity contribution in [3.8, 4) is 11.8 Å². The first kappa shape index (κ1) is 19.2. The van der Waals surface area contributed by atoms with Crippen molar-refractivity contribution in [1.82, 2.24) is 19.5 Å². The fourth-order valence-corrected chi connectivity index (χ4v) is 3.53. The molecule has 138 valence electrons. The predicted octanol–water partition coefficient (Wildman–Crippen LogP) is 2.13. The lowest BCUT2D eigenvalue weighted by Gasteiger charge is -2.15. The highest BCUT2D eigenvalue weighted by Crippen LogP contribution is 2.21. The maximum Gasteiger partial charge on any atom is 0.316 e. The van der Waals surface area contributed by atoms with Gasteiger partial charge in [0.25, 0.3) is 0 Å². The minimum Gasteiger partial charge on any atom is -0.497 e. The SMILES string of the molecule is CCCOc1nnc([C@@H](C)NS(=O)(=O)c2ccc(OC)cc2)n1CC. The molecule has 0 saturated carbocycles. The summed E-state index contributed by atoms with van der Waals surface area (Å²) in [4.78, 5) is 0.158. The van der Waals surface area contributed by atoms with E-state index < -0.39 is 16.1 Å². The molecule has 0 aliphatic heterocycles. The molecule has 8 nitrogen and oxygen atoms in total. The summed E-state index contributed by atoms with van der Waals surface area (Å²) in [6.07, 6.45) is 0.853. The van der Waals surface area contributed by atoms with E-state index in [1.54, 1.807) is 23.6 Å². The van der Waals surface area contributed by atoms with Gasteiger partial charge < -0.3 is 9.47 Å². The van der Waals surface area contributed by atoms with Crippen LogP contribution in [0.3, 0.4) is 0 Å². The molecule has 0 aliphatic rings. The topological polar surface area (TPSA) is 95.3 Å². The van der Waals surface area contributed by atoms with Crippen LogP contribution in [0.4, 0.5) is 0 Å². The van der Waals surface area contributed by atoms with E-state index in [-0.39, 0.29) is 4.90 Å². The van der Waals surface area contributed by atoms with E-state index in [1.165, 1.54) is 19.2 Å². The Morgan fingerprint density at radius 2 is 1.88 bits per heavy atom. The highest BCUT2D eigenvalue weighted by molar-refractivity contribution is 7.89. The van der Waals surface area contributed by atoms with Crippen LogP contribution >= 0.6 is 0 Å². The number of sulfonamides is 1. The molecule has 25 heavy (non-hydrogen) atoms. The fraction of sp³-hybridized carbons (Fsp3) is 0.500. The van der Waals surface area contributed by atoms with Crippen molar-refractivity contribution < 1.29 is 17.9 Å². The first-order valence-corrected chi connectivity index (χ1v) is 9.63. The Hall–Kier alpha value is -2.13. The van der Waals surface area contributed by atoms with Crippen LogP contribution in [0.1, 0.15) is 39.1 Å². The summed E-state index contributed by atoms with van der Waals surface area (Å²) in [5, 5.41) is 8.10. The van der Waals surface area contributed by atoms with E-state index in [2.05, 4.69) is 14.9 Å². The van der Waals surface area contributed by atoms with Crippen LogP contribution in [0.25, 0.3) is 0 Å². The molecule has 0 radical (unpaired) electrons. The number of hydrogen-bond acceptors (Lipinski definition) is 6. The second-order valence-electron chi connectivity index (χ2n) is 5.45. The van der Waals surface area contributed by atoms with Crippen LogP contribution in [0.2, 0.25) is 0 Å². The van der Waals surface area contributed by atoms with Gasteiger partial charge in [0.05, 0.1) is 24.7 Å². The van der Waals surface area contributed by atoms with E-state index in [0.29, 0.717) is 30.7 Å². The van der Waals surface area contributed by atoms with E-state index in [9.17, 15) is 8.42 Å². The van der Waals surface area contributed by atoms with Crippen LogP contribution in [0, 0.1) is 0 Å². The van der Waals surface area contributed by atoms with Gasteiger partial charge in [0.2, 0.25) is 10.0 Å². The van der Waals surface area contributed by atoms with Crippen molar-refractivity contribution in [3.05, 3.63) is 30.1 Å². The Balaban J connectivity index is 2.20. The number of aromatic nitrogens is 3. The lowest BCUT2D eigenvalue weighted by Crippen LogP contribution is -2.29. The molecule has 1 atom stereocenters. The molecular weight excluding hydrogens is 344 g/mol. The van der Waals surface area contributed by atoms with Crippen LogP contribution in [0.5, 0.6) is 11.8 Å². The zero-order valence-corrected chi connectivity index (χ0v) is 15.7. The Bertz CT molecular complexity index is 787. The standard InChI is InChI=1S/C16H24N4O4S/c1-5-11-24-16-18-17-15(20(16)6-2)12(3)19-25(21,22)14-9-7-13(23-4)8-10-14/h7-10,12,19H,5-6,11H2,1-4H3/t12-/m1/s1. The third-order valence-electron chi connectivity index (χ3n) is 3.59. The summed E-state index contributed by atoms with van der Waals surface area (Å²) >= 11 is 0. The molecule has 0 unspecified atom stereocenters. The lowest BCUT2D eigenvalue weighted by atomic mass is 10.3. The van der Waals surface area contributed by atoms with Gasteiger partial charge in [-0.3, -0.25) is 4.57 Å². The molecule has 0 amide bonds. The molecule has 2 rings (SSSR count). The highest BCUT2D eigenvalue weighted by atomic mass is 32.2. The van der Waals surface area contributed by atoms with E-state index in [0.717, 1.165) is 6.42 Å². The van der Waals surface area contributed by atoms with Crippen molar-refractivity contribution in [1.29, 1.82) is 0 Å². The summed E-state index contributed by atoms with van der Waals surface area (Å²) in [7, 11) is -2.17. The predicted molar refractivity (Wildman–Crippen MR) is 93.2 cm³/mol. The smallest absolute Gasteiger partial charge is 0.316 e. The molecule has 0 saturated heterocycles. The van der Waals surface area contributed by atoms with Gasteiger partial charge in [-0.25, -0.2) is 13.1 Å². The van der Waals surface area contributed by atoms with Crippen molar-refractivity contribution >= 4 is 10.0 Å². The minimum atomic E-state index is -3.69. The molecule has 0 spiro atoms. The average molecular weight is 368 g/mol. The third-order valence-corrected chi connectivity index (χ3v) is 5.14. The van der Waals surface area contributed by atoms with Crippen LogP contribution in [-0.2, 0) is 16.6 Å². The third kappa shape index (κ3) is 4.49. The second-order valence-corrected chi connectivity index (χ2v) is 7.17. The quantitative estimate of drug-likeness (QED) is 0.728. The maximum absolute atomic E-state index is 12.6. The monoisotopic (exact) mass is 368 g/mol. The zero-order valence-electron chi connectivity index (χ0n) is 14.9. The number of nitrogens with one attached hydrogen (secondary N) is 1. The number of rotatable bonds is 9. The second kappa shape index (κ2) is 8.30. The summed E-state index contributed by atoms with van der Waals surface area (Å²) in [5.41, 5.74) is 0. The van der Waals surface area contributed by atoms with E-state index in [4.69, 9.17) is 9.47 Å². The Morgan fingerprint density at radius 3 is 2.44 bits per heavy atom. The molecule has 1 aromatic carbocycles. The Labute approximate surface area is 148 Å². The molecule has 1 aromatic heterocycles. The molecule has 0 aliphatic carbocycles. The van der Waals surface area contributed by atoms with Gasteiger partial charge in [-0.05, 0) is 44.5 Å². The molecule has 9 heteroatoms. The lowest BCUT2D eigenvalue weighted by molar-refractivity contribution is 0.276. The number of ether oxygens (including phenoxy) is 2. The largest absolute Gasteiger partial charge is 0.497 e. The Kier molecular flexibility index (Phi) is 6.38. The van der Waals surface area contributed by atoms with Gasteiger partial charge in [-0.2, -0.15) is 0 Å². The molecule has 1 N–H and O–H groups in total. The summed E-state index contributed by atoms with van der Waals surface area (Å²) in [6, 6.07) is 6.03. The molecule has 0 bridgehead atoms. The van der Waals surface area contributed by atoms with Crippen LogP contribution in [-0.4, -0.2) is 36.9 Å². The summed E-state index contributed by atoms with van der Waals surface area (Å²) < 4.78 is 40.1. The van der Waals surface area contributed by atoms with Gasteiger partial charge in [-0.15, -0.1) is 5.10 Å². The van der Waals surface area contributed by atoms with Crippen molar-refractivity contribution in [2.45, 2.75) is 44.7 Å². The number of nitrogens with zero attached hydrogens (tertiary/aromatic N) is 3. The van der Waals surface area contributed by atoms with Crippen molar-refractivity contribution in [2.75, 3.05) is 13.7 Å². The first-order chi connectivity index (χ1) is 11.9. The number of methoxy groups -OCH3 is 1. The highest BCUT2D eigenvalue weighted by Gasteiger charge is 2.23. The fourth-order valence-electron chi connectivity index (χ4n) is 2.33. The van der Waals surface area contributed by atoms with Crippen LogP contribution in [0.15, 0.2) is 29.2 Å². The number of hydrogen-bond donors (Lipinski definition) is 1. The molecule has 2 aromatic rings. The maximum atomic E-state index is 12.6. The van der Waals surface area contributed by atoms with Gasteiger partial charge in [0.15, 0.2) is 5.82 Å². The van der Waals surface area contributed by atoms with Crippen LogP contribution < -0.4 is 14.2 Å². The van der Waals surface area contributed by atoms with Gasteiger partial charge in [0.1, 0.15) is 5.75 Å². The number of benzene rings is 1. The van der Waals surface area contributed by atoms with Crippen molar-refractivity contribution in [2.24, 2.45) is 0 Å². The summed E-state index contributed by atoms with van der Waals surface area (Å²) in [6.45, 7) is 6.76. The first-order valence-electron chi connectivity index (χ1n) is 8.15. The van der Waals surface area contributed by atoms with Gasteiger partial charge >= 0.3 is 6.01 Å². The molecular formula is C16H24N4O4S. The Morgan fingerprint density at radius 1 is 1.20 bits per heavy atom. The molecule has 0 fully saturated rings. The zero-order chi connectivity index (χ0) is 18.4. The van der Waals surface area contributed by atoms with Crippen molar-refractivity contribution in [3.63, 3.8) is 0 Å². The average Bonchev–Trinajstić information content (AvgIpc) is 3.02. The van der Waals surface area contributed by atoms with Gasteiger partial charge in [-0.1, -0.05) is 12.0 Å². The van der Waals surface area contributed by atoms with E-state index >= 15 is 0 Å².